The smallest absolute Gasteiger partial charge is 0.269 e. The second-order valence-corrected chi connectivity index (χ2v) is 7.71. The number of nitrogens with zero attached hydrogens (tertiary/aromatic N) is 2. The lowest BCUT2D eigenvalue weighted by atomic mass is 10.1. The number of benzene rings is 3. The monoisotopic (exact) mass is 409 g/mol. The maximum atomic E-state index is 13.0. The summed E-state index contributed by atoms with van der Waals surface area (Å²) >= 11 is 0. The molecule has 0 spiro atoms. The van der Waals surface area contributed by atoms with Crippen LogP contribution in [0.3, 0.4) is 0 Å². The Bertz CT molecular complexity index is 1160. The third-order valence-corrected chi connectivity index (χ3v) is 5.58. The van der Waals surface area contributed by atoms with E-state index in [1.54, 1.807) is 36.4 Å². The molecule has 0 bridgehead atoms. The summed E-state index contributed by atoms with van der Waals surface area (Å²) in [6, 6.07) is 20.6. The van der Waals surface area contributed by atoms with Gasteiger partial charge >= 0.3 is 0 Å². The SMILES string of the molecule is O=C(/C(=N/Nc1ccc([N+](=O)[O-])cc1)S(=O)(=O)c1ccccc1)c1ccccc1. The second kappa shape index (κ2) is 8.44. The van der Waals surface area contributed by atoms with Crippen LogP contribution in [-0.4, -0.2) is 24.2 Å². The zero-order valence-electron chi connectivity index (χ0n) is 14.9. The number of carbonyl (C=O) groups is 1. The highest BCUT2D eigenvalue weighted by Crippen LogP contribution is 2.18. The fourth-order valence-electron chi connectivity index (χ4n) is 2.43. The number of sulfone groups is 1. The van der Waals surface area contributed by atoms with Gasteiger partial charge in [0.1, 0.15) is 0 Å². The molecule has 0 atom stereocenters. The van der Waals surface area contributed by atoms with Crippen molar-refractivity contribution in [2.75, 3.05) is 5.43 Å². The van der Waals surface area contributed by atoms with Crippen molar-refractivity contribution in [3.63, 3.8) is 0 Å². The van der Waals surface area contributed by atoms with Crippen molar-refractivity contribution in [2.45, 2.75) is 4.90 Å². The van der Waals surface area contributed by atoms with Crippen molar-refractivity contribution >= 4 is 32.0 Å². The highest BCUT2D eigenvalue weighted by Gasteiger charge is 2.30. The van der Waals surface area contributed by atoms with Gasteiger partial charge in [-0.2, -0.15) is 5.10 Å². The van der Waals surface area contributed by atoms with Crippen molar-refractivity contribution in [3.05, 3.63) is 101 Å². The zero-order chi connectivity index (χ0) is 20.9. The summed E-state index contributed by atoms with van der Waals surface area (Å²) in [6.45, 7) is 0. The topological polar surface area (TPSA) is 119 Å². The van der Waals surface area contributed by atoms with Crippen molar-refractivity contribution < 1.29 is 18.1 Å². The van der Waals surface area contributed by atoms with Crippen LogP contribution in [0, 0.1) is 10.1 Å². The minimum absolute atomic E-state index is 0.0754. The third-order valence-electron chi connectivity index (χ3n) is 3.90. The summed E-state index contributed by atoms with van der Waals surface area (Å²) in [5, 5.41) is 13.9. The van der Waals surface area contributed by atoms with Gasteiger partial charge in [0, 0.05) is 17.7 Å². The summed E-state index contributed by atoms with van der Waals surface area (Å²) in [5.41, 5.74) is 2.83. The third kappa shape index (κ3) is 4.53. The molecule has 0 aliphatic heterocycles. The molecular weight excluding hydrogens is 394 g/mol. The highest BCUT2D eigenvalue weighted by atomic mass is 32.2. The summed E-state index contributed by atoms with van der Waals surface area (Å²) in [4.78, 5) is 23.0. The lowest BCUT2D eigenvalue weighted by molar-refractivity contribution is -0.384. The predicted molar refractivity (Wildman–Crippen MR) is 109 cm³/mol. The van der Waals surface area contributed by atoms with Gasteiger partial charge in [-0.1, -0.05) is 48.5 Å². The second-order valence-electron chi connectivity index (χ2n) is 5.84. The van der Waals surface area contributed by atoms with Gasteiger partial charge in [-0.15, -0.1) is 0 Å². The van der Waals surface area contributed by atoms with Crippen molar-refractivity contribution in [2.24, 2.45) is 5.10 Å². The summed E-state index contributed by atoms with van der Waals surface area (Å²) in [6.07, 6.45) is 0. The van der Waals surface area contributed by atoms with Gasteiger partial charge in [0.2, 0.25) is 20.7 Å². The van der Waals surface area contributed by atoms with Crippen LogP contribution in [0.1, 0.15) is 10.4 Å². The number of nitrogens with one attached hydrogen (secondary N) is 1. The first kappa shape index (κ1) is 19.9. The van der Waals surface area contributed by atoms with Crippen LogP contribution in [0.25, 0.3) is 0 Å². The van der Waals surface area contributed by atoms with E-state index in [0.29, 0.717) is 0 Å². The predicted octanol–water partition coefficient (Wildman–Crippen LogP) is 3.68. The fourth-order valence-corrected chi connectivity index (χ4v) is 3.70. The molecule has 0 saturated heterocycles. The van der Waals surface area contributed by atoms with E-state index in [9.17, 15) is 23.3 Å². The summed E-state index contributed by atoms with van der Waals surface area (Å²) < 4.78 is 26.1. The average Bonchev–Trinajstić information content (AvgIpc) is 2.75. The lowest BCUT2D eigenvalue weighted by Gasteiger charge is -2.09. The highest BCUT2D eigenvalue weighted by molar-refractivity contribution is 8.08. The van der Waals surface area contributed by atoms with Crippen LogP contribution in [-0.2, 0) is 9.84 Å². The standard InChI is InChI=1S/C20H15N3O5S/c24-19(15-7-3-1-4-8-15)20(29(27,28)18-9-5-2-6-10-18)22-21-16-11-13-17(14-12-16)23(25)26/h1-14,21H/b22-20-. The number of carbonyl (C=O) groups excluding carboxylic acids is 1. The van der Waals surface area contributed by atoms with Crippen molar-refractivity contribution in [1.29, 1.82) is 0 Å². The van der Waals surface area contributed by atoms with E-state index in [1.165, 1.54) is 48.5 Å². The van der Waals surface area contributed by atoms with E-state index in [4.69, 9.17) is 0 Å². The number of nitro groups is 1. The van der Waals surface area contributed by atoms with E-state index < -0.39 is 25.6 Å². The molecule has 3 aromatic rings. The van der Waals surface area contributed by atoms with Gasteiger partial charge in [0.05, 0.1) is 15.5 Å². The van der Waals surface area contributed by atoms with E-state index >= 15 is 0 Å². The molecule has 0 saturated carbocycles. The van der Waals surface area contributed by atoms with Crippen LogP contribution in [0.4, 0.5) is 11.4 Å². The number of nitro benzene ring substituents is 1. The van der Waals surface area contributed by atoms with E-state index in [0.717, 1.165) is 0 Å². The number of hydrogen-bond donors (Lipinski definition) is 1. The van der Waals surface area contributed by atoms with Crippen LogP contribution in [0.2, 0.25) is 0 Å². The maximum absolute atomic E-state index is 13.0. The minimum atomic E-state index is -4.21. The molecule has 0 unspecified atom stereocenters. The molecule has 0 aromatic heterocycles. The van der Waals surface area contributed by atoms with Gasteiger partial charge in [0.25, 0.3) is 5.69 Å². The molecule has 3 rings (SSSR count). The van der Waals surface area contributed by atoms with Gasteiger partial charge < -0.3 is 0 Å². The number of Topliss-reactive ketones (excluding diaryl/α,β-unsaturated/α-hetero) is 1. The molecule has 8 nitrogen and oxygen atoms in total. The molecular formula is C20H15N3O5S. The molecule has 0 radical (unpaired) electrons. The van der Waals surface area contributed by atoms with Crippen LogP contribution in [0.15, 0.2) is 94.9 Å². The molecule has 0 amide bonds. The maximum Gasteiger partial charge on any atom is 0.269 e. The molecule has 9 heteroatoms. The fraction of sp³-hybridized carbons (Fsp3) is 0. The molecule has 0 aliphatic rings. The van der Waals surface area contributed by atoms with Gasteiger partial charge in [-0.3, -0.25) is 20.3 Å². The van der Waals surface area contributed by atoms with Crippen LogP contribution in [0.5, 0.6) is 0 Å². The summed E-state index contributed by atoms with van der Waals surface area (Å²) in [5.74, 6) is -0.774. The molecule has 0 aliphatic carbocycles. The molecule has 0 heterocycles. The largest absolute Gasteiger partial charge is 0.286 e. The number of rotatable bonds is 6. The van der Waals surface area contributed by atoms with E-state index in [2.05, 4.69) is 10.5 Å². The van der Waals surface area contributed by atoms with Crippen molar-refractivity contribution in [3.8, 4) is 0 Å². The van der Waals surface area contributed by atoms with E-state index in [1.807, 2.05) is 0 Å². The quantitative estimate of drug-likeness (QED) is 0.218. The Kier molecular flexibility index (Phi) is 5.79. The Morgan fingerprint density at radius 3 is 1.97 bits per heavy atom. The Morgan fingerprint density at radius 1 is 0.862 bits per heavy atom. The van der Waals surface area contributed by atoms with E-state index in [-0.39, 0.29) is 21.8 Å². The van der Waals surface area contributed by atoms with Gasteiger partial charge in [-0.25, -0.2) is 8.42 Å². The average molecular weight is 409 g/mol. The molecule has 29 heavy (non-hydrogen) atoms. The Hall–Kier alpha value is -3.85. The van der Waals surface area contributed by atoms with Gasteiger partial charge in [-0.05, 0) is 24.3 Å². The molecule has 3 aromatic carbocycles. The van der Waals surface area contributed by atoms with Crippen molar-refractivity contribution in [1.82, 2.24) is 0 Å². The normalized spacial score (nSPS) is 11.7. The number of non-ortho nitro benzene ring substituents is 1. The van der Waals surface area contributed by atoms with Crippen LogP contribution < -0.4 is 5.43 Å². The number of hydrazone groups is 1. The Labute approximate surface area is 166 Å². The Balaban J connectivity index is 2.02. The summed E-state index contributed by atoms with van der Waals surface area (Å²) in [7, 11) is -4.21. The number of ketones is 1. The van der Waals surface area contributed by atoms with Gasteiger partial charge in [0.15, 0.2) is 0 Å². The van der Waals surface area contributed by atoms with Crippen LogP contribution >= 0.6 is 0 Å². The minimum Gasteiger partial charge on any atom is -0.286 e. The molecule has 1 N–H and O–H groups in total. The zero-order valence-corrected chi connectivity index (χ0v) is 15.7. The first-order valence-electron chi connectivity index (χ1n) is 8.37. The first-order valence-corrected chi connectivity index (χ1v) is 9.86. The number of anilines is 1. The first-order chi connectivity index (χ1) is 13.9. The number of hydrogen-bond acceptors (Lipinski definition) is 7. The molecule has 0 fully saturated rings. The lowest BCUT2D eigenvalue weighted by Crippen LogP contribution is -2.26. The Morgan fingerprint density at radius 2 is 1.41 bits per heavy atom. The molecule has 146 valence electrons.